The lowest BCUT2D eigenvalue weighted by atomic mass is 10.2. The van der Waals surface area contributed by atoms with Gasteiger partial charge in [-0.05, 0) is 18.6 Å². The maximum absolute atomic E-state index is 11.6. The van der Waals surface area contributed by atoms with E-state index in [1.54, 1.807) is 42.2 Å². The smallest absolute Gasteiger partial charge is 0.327 e. The van der Waals surface area contributed by atoms with Crippen LogP contribution in [-0.2, 0) is 13.6 Å². The van der Waals surface area contributed by atoms with Crippen LogP contribution < -0.4 is 10.4 Å². The number of hydrogen-bond acceptors (Lipinski definition) is 3. The van der Waals surface area contributed by atoms with Gasteiger partial charge in [-0.2, -0.15) is 5.26 Å². The van der Waals surface area contributed by atoms with Crippen LogP contribution in [0, 0.1) is 11.3 Å². The highest BCUT2D eigenvalue weighted by Crippen LogP contribution is 2.16. The maximum atomic E-state index is 11.6. The van der Waals surface area contributed by atoms with Crippen molar-refractivity contribution in [1.82, 2.24) is 9.13 Å². The molecule has 0 aliphatic rings. The fourth-order valence-electron chi connectivity index (χ4n) is 1.78. The molecule has 1 heterocycles. The summed E-state index contributed by atoms with van der Waals surface area (Å²) in [6, 6.07) is 9.21. The number of rotatable bonds is 5. The van der Waals surface area contributed by atoms with Crippen LogP contribution in [0.3, 0.4) is 0 Å². The SMILES string of the molecule is Cn1ccn(CCCOc2ccccc2C#N)c1=O. The highest BCUT2D eigenvalue weighted by Gasteiger charge is 2.02. The molecule has 0 amide bonds. The van der Waals surface area contributed by atoms with Gasteiger partial charge in [0.25, 0.3) is 0 Å². The summed E-state index contributed by atoms with van der Waals surface area (Å²) in [5, 5.41) is 8.91. The molecule has 0 aliphatic carbocycles. The molecule has 19 heavy (non-hydrogen) atoms. The van der Waals surface area contributed by atoms with Crippen LogP contribution in [-0.4, -0.2) is 15.7 Å². The first-order valence-electron chi connectivity index (χ1n) is 6.06. The zero-order chi connectivity index (χ0) is 13.7. The Morgan fingerprint density at radius 1 is 1.32 bits per heavy atom. The molecule has 0 spiro atoms. The van der Waals surface area contributed by atoms with Gasteiger partial charge in [-0.3, -0.25) is 4.57 Å². The van der Waals surface area contributed by atoms with Crippen molar-refractivity contribution in [2.45, 2.75) is 13.0 Å². The number of nitriles is 1. The summed E-state index contributed by atoms with van der Waals surface area (Å²) in [7, 11) is 1.72. The molecule has 5 nitrogen and oxygen atoms in total. The van der Waals surface area contributed by atoms with E-state index in [2.05, 4.69) is 6.07 Å². The number of imidazole rings is 1. The predicted octanol–water partition coefficient (Wildman–Crippen LogP) is 1.53. The molecule has 0 aliphatic heterocycles. The van der Waals surface area contributed by atoms with E-state index < -0.39 is 0 Å². The second-order valence-electron chi connectivity index (χ2n) is 4.19. The highest BCUT2D eigenvalue weighted by atomic mass is 16.5. The van der Waals surface area contributed by atoms with E-state index in [9.17, 15) is 4.79 Å². The molecule has 0 saturated carbocycles. The van der Waals surface area contributed by atoms with Crippen LogP contribution in [0.4, 0.5) is 0 Å². The number of ether oxygens (including phenoxy) is 1. The Labute approximate surface area is 111 Å². The Morgan fingerprint density at radius 3 is 2.79 bits per heavy atom. The molecule has 1 aromatic heterocycles. The molecule has 0 saturated heterocycles. The molecule has 5 heteroatoms. The van der Waals surface area contributed by atoms with E-state index in [0.717, 1.165) is 0 Å². The first-order valence-corrected chi connectivity index (χ1v) is 6.06. The summed E-state index contributed by atoms with van der Waals surface area (Å²) in [4.78, 5) is 11.6. The molecule has 0 N–H and O–H groups in total. The number of aromatic nitrogens is 2. The van der Waals surface area contributed by atoms with Crippen molar-refractivity contribution in [1.29, 1.82) is 5.26 Å². The molecule has 1 aromatic carbocycles. The van der Waals surface area contributed by atoms with Gasteiger partial charge in [0.15, 0.2) is 0 Å². The first-order chi connectivity index (χ1) is 9.22. The Balaban J connectivity index is 1.86. The van der Waals surface area contributed by atoms with Crippen molar-refractivity contribution < 1.29 is 4.74 Å². The van der Waals surface area contributed by atoms with Crippen molar-refractivity contribution in [3.63, 3.8) is 0 Å². The molecule has 98 valence electrons. The summed E-state index contributed by atoms with van der Waals surface area (Å²) < 4.78 is 8.72. The normalized spacial score (nSPS) is 10.1. The number of aryl methyl sites for hydroxylation is 2. The van der Waals surface area contributed by atoms with Gasteiger partial charge in [0.2, 0.25) is 0 Å². The summed E-state index contributed by atoms with van der Waals surface area (Å²) >= 11 is 0. The van der Waals surface area contributed by atoms with Crippen LogP contribution >= 0.6 is 0 Å². The number of nitrogens with zero attached hydrogens (tertiary/aromatic N) is 3. The van der Waals surface area contributed by atoms with Crippen LogP contribution in [0.25, 0.3) is 0 Å². The minimum Gasteiger partial charge on any atom is -0.492 e. The fourth-order valence-corrected chi connectivity index (χ4v) is 1.78. The molecular formula is C14H15N3O2. The maximum Gasteiger partial charge on any atom is 0.327 e. The van der Waals surface area contributed by atoms with Crippen LogP contribution in [0.2, 0.25) is 0 Å². The van der Waals surface area contributed by atoms with Crippen LogP contribution in [0.5, 0.6) is 5.75 Å². The lowest BCUT2D eigenvalue weighted by molar-refractivity contribution is 0.300. The van der Waals surface area contributed by atoms with E-state index in [1.165, 1.54) is 4.57 Å². The van der Waals surface area contributed by atoms with E-state index in [0.29, 0.717) is 30.9 Å². The Bertz CT molecular complexity index is 649. The van der Waals surface area contributed by atoms with Crippen molar-refractivity contribution in [3.05, 3.63) is 52.7 Å². The molecule has 0 fully saturated rings. The van der Waals surface area contributed by atoms with Gasteiger partial charge < -0.3 is 9.30 Å². The van der Waals surface area contributed by atoms with Gasteiger partial charge in [0, 0.05) is 26.0 Å². The minimum atomic E-state index is -0.0302. The monoisotopic (exact) mass is 257 g/mol. The van der Waals surface area contributed by atoms with Gasteiger partial charge in [-0.1, -0.05) is 12.1 Å². The molecule has 0 radical (unpaired) electrons. The zero-order valence-electron chi connectivity index (χ0n) is 10.7. The number of para-hydroxylation sites is 1. The zero-order valence-corrected chi connectivity index (χ0v) is 10.7. The molecule has 2 rings (SSSR count). The Hall–Kier alpha value is -2.48. The molecule has 0 bridgehead atoms. The third kappa shape index (κ3) is 3.05. The van der Waals surface area contributed by atoms with Gasteiger partial charge in [-0.25, -0.2) is 4.79 Å². The molecule has 2 aromatic rings. The predicted molar refractivity (Wildman–Crippen MR) is 70.9 cm³/mol. The van der Waals surface area contributed by atoms with Gasteiger partial charge in [0.05, 0.1) is 12.2 Å². The third-order valence-corrected chi connectivity index (χ3v) is 2.83. The second-order valence-corrected chi connectivity index (χ2v) is 4.19. The van der Waals surface area contributed by atoms with Crippen molar-refractivity contribution in [3.8, 4) is 11.8 Å². The standard InChI is InChI=1S/C14H15N3O2/c1-16-8-9-17(14(16)18)7-4-10-19-13-6-3-2-5-12(13)11-15/h2-3,5-6,8-9H,4,7,10H2,1H3. The topological polar surface area (TPSA) is 59.9 Å². The summed E-state index contributed by atoms with van der Waals surface area (Å²) in [5.74, 6) is 0.588. The van der Waals surface area contributed by atoms with E-state index in [1.807, 2.05) is 6.07 Å². The van der Waals surface area contributed by atoms with Crippen molar-refractivity contribution in [2.75, 3.05) is 6.61 Å². The third-order valence-electron chi connectivity index (χ3n) is 2.83. The number of benzene rings is 1. The molecular weight excluding hydrogens is 242 g/mol. The minimum absolute atomic E-state index is 0.0302. The van der Waals surface area contributed by atoms with Crippen LogP contribution in [0.1, 0.15) is 12.0 Å². The quantitative estimate of drug-likeness (QED) is 0.763. The molecule has 0 unspecified atom stereocenters. The summed E-state index contributed by atoms with van der Waals surface area (Å²) in [6.45, 7) is 1.08. The van der Waals surface area contributed by atoms with Crippen LogP contribution in [0.15, 0.2) is 41.5 Å². The van der Waals surface area contributed by atoms with E-state index >= 15 is 0 Å². The first kappa shape index (κ1) is 13.0. The number of hydrogen-bond donors (Lipinski definition) is 0. The largest absolute Gasteiger partial charge is 0.492 e. The Kier molecular flexibility index (Phi) is 4.04. The highest BCUT2D eigenvalue weighted by molar-refractivity contribution is 5.42. The second kappa shape index (κ2) is 5.91. The fraction of sp³-hybridized carbons (Fsp3) is 0.286. The average Bonchev–Trinajstić information content (AvgIpc) is 2.76. The summed E-state index contributed by atoms with van der Waals surface area (Å²) in [6.07, 6.45) is 4.20. The summed E-state index contributed by atoms with van der Waals surface area (Å²) in [5.41, 5.74) is 0.497. The molecule has 0 atom stereocenters. The van der Waals surface area contributed by atoms with Gasteiger partial charge in [0.1, 0.15) is 11.8 Å². The van der Waals surface area contributed by atoms with Crippen molar-refractivity contribution in [2.24, 2.45) is 7.05 Å². The van der Waals surface area contributed by atoms with Gasteiger partial charge in [-0.15, -0.1) is 0 Å². The van der Waals surface area contributed by atoms with E-state index in [-0.39, 0.29) is 5.69 Å². The lowest BCUT2D eigenvalue weighted by Gasteiger charge is -2.07. The van der Waals surface area contributed by atoms with E-state index in [4.69, 9.17) is 10.00 Å². The average molecular weight is 257 g/mol. The van der Waals surface area contributed by atoms with Crippen molar-refractivity contribution >= 4 is 0 Å². The Morgan fingerprint density at radius 2 is 2.11 bits per heavy atom. The lowest BCUT2D eigenvalue weighted by Crippen LogP contribution is -2.22. The van der Waals surface area contributed by atoms with Gasteiger partial charge >= 0.3 is 5.69 Å².